The molecule has 112 valence electrons. The van der Waals surface area contributed by atoms with Gasteiger partial charge in [0, 0.05) is 12.6 Å². The van der Waals surface area contributed by atoms with Crippen LogP contribution in [0.15, 0.2) is 18.2 Å². The Morgan fingerprint density at radius 3 is 2.55 bits per heavy atom. The van der Waals surface area contributed by atoms with Gasteiger partial charge in [0.1, 0.15) is 0 Å². The second kappa shape index (κ2) is 7.80. The van der Waals surface area contributed by atoms with Gasteiger partial charge in [-0.1, -0.05) is 32.0 Å². The maximum atomic E-state index is 3.42. The van der Waals surface area contributed by atoms with Crippen molar-refractivity contribution in [3.8, 4) is 0 Å². The minimum absolute atomic E-state index is 0.671. The fourth-order valence-corrected chi connectivity index (χ4v) is 3.31. The van der Waals surface area contributed by atoms with E-state index in [1.54, 1.807) is 11.1 Å². The lowest BCUT2D eigenvalue weighted by molar-refractivity contribution is 0.266. The summed E-state index contributed by atoms with van der Waals surface area (Å²) in [6.07, 6.45) is 6.19. The summed E-state index contributed by atoms with van der Waals surface area (Å²) in [7, 11) is 2.08. The lowest BCUT2D eigenvalue weighted by atomic mass is 9.87. The average Bonchev–Trinajstić information content (AvgIpc) is 2.47. The van der Waals surface area contributed by atoms with Crippen LogP contribution in [-0.2, 0) is 19.4 Å². The molecule has 0 aromatic heterocycles. The van der Waals surface area contributed by atoms with Crippen LogP contribution in [0.2, 0.25) is 0 Å². The van der Waals surface area contributed by atoms with Crippen LogP contribution in [0.25, 0.3) is 0 Å². The molecule has 0 heterocycles. The number of hydrogen-bond donors (Lipinski definition) is 1. The normalized spacial score (nSPS) is 18.3. The van der Waals surface area contributed by atoms with E-state index in [1.165, 1.54) is 50.8 Å². The molecule has 0 saturated heterocycles. The first kappa shape index (κ1) is 15.5. The second-order valence-electron chi connectivity index (χ2n) is 6.11. The molecule has 2 rings (SSSR count). The summed E-state index contributed by atoms with van der Waals surface area (Å²) in [5.41, 5.74) is 4.63. The SMILES string of the molecule is CCCN(CCC)Cc1ccc2c(c1)CCC(NC)C2. The van der Waals surface area contributed by atoms with Gasteiger partial charge in [-0.25, -0.2) is 0 Å². The fourth-order valence-electron chi connectivity index (χ4n) is 3.31. The molecule has 1 aliphatic rings. The van der Waals surface area contributed by atoms with Gasteiger partial charge in [-0.2, -0.15) is 0 Å². The van der Waals surface area contributed by atoms with E-state index >= 15 is 0 Å². The molecule has 0 aliphatic heterocycles. The van der Waals surface area contributed by atoms with E-state index in [0.717, 1.165) is 6.54 Å². The molecule has 1 aromatic rings. The highest BCUT2D eigenvalue weighted by molar-refractivity contribution is 5.34. The molecule has 1 aromatic carbocycles. The number of aryl methyl sites for hydroxylation is 1. The lowest BCUT2D eigenvalue weighted by Crippen LogP contribution is -2.31. The van der Waals surface area contributed by atoms with Crippen LogP contribution in [-0.4, -0.2) is 31.1 Å². The summed E-state index contributed by atoms with van der Waals surface area (Å²) < 4.78 is 0. The van der Waals surface area contributed by atoms with Gasteiger partial charge in [0.25, 0.3) is 0 Å². The van der Waals surface area contributed by atoms with E-state index < -0.39 is 0 Å². The molecule has 0 spiro atoms. The molecule has 0 saturated carbocycles. The molecule has 2 nitrogen and oxygen atoms in total. The minimum atomic E-state index is 0.671. The third-order valence-corrected chi connectivity index (χ3v) is 4.39. The molecule has 0 amide bonds. The Hall–Kier alpha value is -0.860. The van der Waals surface area contributed by atoms with E-state index in [2.05, 4.69) is 49.3 Å². The summed E-state index contributed by atoms with van der Waals surface area (Å²) in [4.78, 5) is 2.58. The van der Waals surface area contributed by atoms with Gasteiger partial charge in [-0.05, 0) is 68.9 Å². The molecule has 0 fully saturated rings. The standard InChI is InChI=1S/C18H30N2/c1-4-10-20(11-5-2)14-15-6-7-17-13-18(19-3)9-8-16(17)12-15/h6-7,12,18-19H,4-5,8-11,13-14H2,1-3H3. The number of nitrogens with zero attached hydrogens (tertiary/aromatic N) is 1. The maximum absolute atomic E-state index is 3.42. The zero-order chi connectivity index (χ0) is 14.4. The molecule has 1 unspecified atom stereocenters. The average molecular weight is 274 g/mol. The zero-order valence-electron chi connectivity index (χ0n) is 13.4. The van der Waals surface area contributed by atoms with Crippen LogP contribution in [0.3, 0.4) is 0 Å². The van der Waals surface area contributed by atoms with Crippen LogP contribution < -0.4 is 5.32 Å². The lowest BCUT2D eigenvalue weighted by Gasteiger charge is -2.26. The predicted molar refractivity (Wildman–Crippen MR) is 87.2 cm³/mol. The minimum Gasteiger partial charge on any atom is -0.317 e. The van der Waals surface area contributed by atoms with Crippen LogP contribution in [0.1, 0.15) is 49.8 Å². The van der Waals surface area contributed by atoms with Crippen molar-refractivity contribution in [3.63, 3.8) is 0 Å². The highest BCUT2D eigenvalue weighted by Gasteiger charge is 2.17. The molecule has 0 bridgehead atoms. The molecular formula is C18H30N2. The van der Waals surface area contributed by atoms with Gasteiger partial charge in [0.2, 0.25) is 0 Å². The summed E-state index contributed by atoms with van der Waals surface area (Å²) in [5.74, 6) is 0. The van der Waals surface area contributed by atoms with Gasteiger partial charge in [-0.3, -0.25) is 4.90 Å². The molecule has 1 atom stereocenters. The van der Waals surface area contributed by atoms with Gasteiger partial charge in [-0.15, -0.1) is 0 Å². The predicted octanol–water partition coefficient (Wildman–Crippen LogP) is 3.39. The fraction of sp³-hybridized carbons (Fsp3) is 0.667. The molecule has 1 aliphatic carbocycles. The third kappa shape index (κ3) is 4.07. The van der Waals surface area contributed by atoms with Gasteiger partial charge >= 0.3 is 0 Å². The number of rotatable bonds is 7. The number of hydrogen-bond acceptors (Lipinski definition) is 2. The number of nitrogens with one attached hydrogen (secondary N) is 1. The Balaban J connectivity index is 2.03. The summed E-state index contributed by atoms with van der Waals surface area (Å²) in [5, 5.41) is 3.42. The first-order valence-electron chi connectivity index (χ1n) is 8.27. The zero-order valence-corrected chi connectivity index (χ0v) is 13.4. The highest BCUT2D eigenvalue weighted by atomic mass is 15.1. The summed E-state index contributed by atoms with van der Waals surface area (Å²) >= 11 is 0. The molecule has 20 heavy (non-hydrogen) atoms. The summed E-state index contributed by atoms with van der Waals surface area (Å²) in [6.45, 7) is 8.09. The Bertz CT molecular complexity index is 408. The number of likely N-dealkylation sites (N-methyl/N-ethyl adjacent to an activating group) is 1. The van der Waals surface area contributed by atoms with E-state index in [4.69, 9.17) is 0 Å². The van der Waals surface area contributed by atoms with E-state index in [9.17, 15) is 0 Å². The van der Waals surface area contributed by atoms with Gasteiger partial charge in [0.15, 0.2) is 0 Å². The number of fused-ring (bicyclic) bond motifs is 1. The number of benzene rings is 1. The third-order valence-electron chi connectivity index (χ3n) is 4.39. The van der Waals surface area contributed by atoms with Crippen molar-refractivity contribution in [1.82, 2.24) is 10.2 Å². The Labute approximate surface area is 124 Å². The maximum Gasteiger partial charge on any atom is 0.0233 e. The topological polar surface area (TPSA) is 15.3 Å². The molecule has 1 N–H and O–H groups in total. The Morgan fingerprint density at radius 1 is 1.15 bits per heavy atom. The molecular weight excluding hydrogens is 244 g/mol. The van der Waals surface area contributed by atoms with E-state index in [1.807, 2.05) is 0 Å². The summed E-state index contributed by atoms with van der Waals surface area (Å²) in [6, 6.07) is 7.84. The van der Waals surface area contributed by atoms with Crippen molar-refractivity contribution in [3.05, 3.63) is 34.9 Å². The van der Waals surface area contributed by atoms with Crippen LogP contribution in [0, 0.1) is 0 Å². The van der Waals surface area contributed by atoms with E-state index in [0.29, 0.717) is 6.04 Å². The van der Waals surface area contributed by atoms with Crippen LogP contribution >= 0.6 is 0 Å². The quantitative estimate of drug-likeness (QED) is 0.820. The van der Waals surface area contributed by atoms with Crippen molar-refractivity contribution < 1.29 is 0 Å². The highest BCUT2D eigenvalue weighted by Crippen LogP contribution is 2.23. The first-order valence-corrected chi connectivity index (χ1v) is 8.27. The van der Waals surface area contributed by atoms with E-state index in [-0.39, 0.29) is 0 Å². The molecule has 2 heteroatoms. The van der Waals surface area contributed by atoms with Gasteiger partial charge < -0.3 is 5.32 Å². The Kier molecular flexibility index (Phi) is 6.06. The van der Waals surface area contributed by atoms with Crippen LogP contribution in [0.4, 0.5) is 0 Å². The van der Waals surface area contributed by atoms with Crippen LogP contribution in [0.5, 0.6) is 0 Å². The molecule has 0 radical (unpaired) electrons. The Morgan fingerprint density at radius 2 is 1.90 bits per heavy atom. The van der Waals surface area contributed by atoms with Crippen molar-refractivity contribution in [2.75, 3.05) is 20.1 Å². The van der Waals surface area contributed by atoms with Crippen molar-refractivity contribution in [2.45, 2.75) is 58.5 Å². The van der Waals surface area contributed by atoms with Crippen molar-refractivity contribution in [1.29, 1.82) is 0 Å². The van der Waals surface area contributed by atoms with Crippen molar-refractivity contribution >= 4 is 0 Å². The smallest absolute Gasteiger partial charge is 0.0233 e. The second-order valence-corrected chi connectivity index (χ2v) is 6.11. The first-order chi connectivity index (χ1) is 9.76. The van der Waals surface area contributed by atoms with Gasteiger partial charge in [0.05, 0.1) is 0 Å². The monoisotopic (exact) mass is 274 g/mol. The van der Waals surface area contributed by atoms with Crippen molar-refractivity contribution in [2.24, 2.45) is 0 Å². The largest absolute Gasteiger partial charge is 0.317 e.